The summed E-state index contributed by atoms with van der Waals surface area (Å²) >= 11 is 0. The number of carbonyl (C=O) groups is 1. The number of rotatable bonds is 4. The van der Waals surface area contributed by atoms with Gasteiger partial charge in [0, 0.05) is 12.2 Å². The van der Waals surface area contributed by atoms with Crippen LogP contribution in [-0.2, 0) is 14.8 Å². The lowest BCUT2D eigenvalue weighted by Crippen LogP contribution is -2.47. The summed E-state index contributed by atoms with van der Waals surface area (Å²) in [7, 11) is -2.30. The van der Waals surface area contributed by atoms with Gasteiger partial charge < -0.3 is 10.1 Å². The molecule has 0 saturated carbocycles. The van der Waals surface area contributed by atoms with Crippen molar-refractivity contribution < 1.29 is 17.9 Å². The smallest absolute Gasteiger partial charge is 0.249 e. The number of benzene rings is 2. The van der Waals surface area contributed by atoms with Gasteiger partial charge in [0.15, 0.2) is 4.75 Å². The number of anilines is 2. The van der Waals surface area contributed by atoms with Gasteiger partial charge in [0.05, 0.1) is 12.8 Å². The van der Waals surface area contributed by atoms with Gasteiger partial charge in [-0.3, -0.25) is 9.10 Å². The van der Waals surface area contributed by atoms with Crippen molar-refractivity contribution in [2.75, 3.05) is 23.3 Å². The summed E-state index contributed by atoms with van der Waals surface area (Å²) in [5, 5.41) is 2.80. The van der Waals surface area contributed by atoms with Gasteiger partial charge in [0.25, 0.3) is 0 Å². The number of para-hydroxylation sites is 1. The van der Waals surface area contributed by atoms with Crippen LogP contribution in [0, 0.1) is 20.8 Å². The minimum absolute atomic E-state index is 0.226. The zero-order chi connectivity index (χ0) is 20.7. The summed E-state index contributed by atoms with van der Waals surface area (Å²) in [5.41, 5.74) is 3.80. The maximum Gasteiger partial charge on any atom is 0.249 e. The summed E-state index contributed by atoms with van der Waals surface area (Å²) in [6.45, 7) is 7.39. The Balaban J connectivity index is 1.93. The fourth-order valence-corrected chi connectivity index (χ4v) is 5.61. The largest absolute Gasteiger partial charge is 0.497 e. The van der Waals surface area contributed by atoms with Crippen LogP contribution in [0.4, 0.5) is 11.4 Å². The summed E-state index contributed by atoms with van der Waals surface area (Å²) in [4.78, 5) is 13.1. The van der Waals surface area contributed by atoms with E-state index in [1.165, 1.54) is 11.2 Å². The molecule has 1 atom stereocenters. The molecular formula is C21H26N2O4S. The van der Waals surface area contributed by atoms with Crippen LogP contribution < -0.4 is 14.4 Å². The molecule has 2 aromatic rings. The Labute approximate surface area is 166 Å². The SMILES string of the molecule is COc1ccc(NC(=O)[C@]2(C)CCN(c3c(C)cccc3C)S2(=O)=O)c(C)c1. The van der Waals surface area contributed by atoms with Crippen molar-refractivity contribution in [2.45, 2.75) is 38.9 Å². The molecule has 1 aliphatic heterocycles. The van der Waals surface area contributed by atoms with Crippen molar-refractivity contribution in [3.05, 3.63) is 53.1 Å². The Hall–Kier alpha value is -2.54. The molecule has 0 radical (unpaired) electrons. The highest BCUT2D eigenvalue weighted by Gasteiger charge is 2.55. The predicted molar refractivity (Wildman–Crippen MR) is 112 cm³/mol. The Morgan fingerprint density at radius 3 is 2.32 bits per heavy atom. The predicted octanol–water partition coefficient (Wildman–Crippen LogP) is 3.56. The number of ether oxygens (including phenoxy) is 1. The van der Waals surface area contributed by atoms with E-state index < -0.39 is 20.7 Å². The van der Waals surface area contributed by atoms with E-state index in [-0.39, 0.29) is 13.0 Å². The van der Waals surface area contributed by atoms with E-state index in [9.17, 15) is 13.2 Å². The molecule has 1 aliphatic rings. The Bertz CT molecular complexity index is 1010. The second-order valence-electron chi connectivity index (χ2n) is 7.43. The summed E-state index contributed by atoms with van der Waals surface area (Å²) in [6, 6.07) is 10.9. The Kier molecular flexibility index (Phi) is 5.14. The summed E-state index contributed by atoms with van der Waals surface area (Å²) in [6.07, 6.45) is 0.226. The monoisotopic (exact) mass is 402 g/mol. The molecule has 0 spiro atoms. The molecule has 1 fully saturated rings. The molecule has 6 nitrogen and oxygen atoms in total. The van der Waals surface area contributed by atoms with Crippen LogP contribution in [0.5, 0.6) is 5.75 Å². The van der Waals surface area contributed by atoms with Gasteiger partial charge in [-0.15, -0.1) is 0 Å². The minimum atomic E-state index is -3.87. The molecule has 1 saturated heterocycles. The van der Waals surface area contributed by atoms with Crippen LogP contribution in [0.3, 0.4) is 0 Å². The van der Waals surface area contributed by atoms with Crippen molar-refractivity contribution in [3.8, 4) is 5.75 Å². The molecule has 0 aliphatic carbocycles. The van der Waals surface area contributed by atoms with E-state index in [0.29, 0.717) is 17.1 Å². The number of aryl methyl sites for hydroxylation is 3. The number of nitrogens with one attached hydrogen (secondary N) is 1. The van der Waals surface area contributed by atoms with Crippen LogP contribution in [0.2, 0.25) is 0 Å². The molecule has 28 heavy (non-hydrogen) atoms. The van der Waals surface area contributed by atoms with E-state index in [0.717, 1.165) is 16.7 Å². The van der Waals surface area contributed by atoms with Crippen LogP contribution in [-0.4, -0.2) is 32.7 Å². The highest BCUT2D eigenvalue weighted by molar-refractivity contribution is 7.95. The molecule has 0 bridgehead atoms. The van der Waals surface area contributed by atoms with Gasteiger partial charge in [0.1, 0.15) is 5.75 Å². The third kappa shape index (κ3) is 3.13. The van der Waals surface area contributed by atoms with Crippen LogP contribution in [0.15, 0.2) is 36.4 Å². The average Bonchev–Trinajstić information content (AvgIpc) is 2.88. The van der Waals surface area contributed by atoms with E-state index in [4.69, 9.17) is 4.74 Å². The quantitative estimate of drug-likeness (QED) is 0.848. The number of amides is 1. The first-order valence-electron chi connectivity index (χ1n) is 9.16. The van der Waals surface area contributed by atoms with Crippen molar-refractivity contribution in [3.63, 3.8) is 0 Å². The number of methoxy groups -OCH3 is 1. The van der Waals surface area contributed by atoms with E-state index >= 15 is 0 Å². The van der Waals surface area contributed by atoms with Gasteiger partial charge in [-0.2, -0.15) is 0 Å². The molecular weight excluding hydrogens is 376 g/mol. The van der Waals surface area contributed by atoms with Crippen LogP contribution in [0.1, 0.15) is 30.0 Å². The van der Waals surface area contributed by atoms with Gasteiger partial charge in [0.2, 0.25) is 15.9 Å². The van der Waals surface area contributed by atoms with Gasteiger partial charge >= 0.3 is 0 Å². The number of sulfonamides is 1. The normalized spacial score (nSPS) is 20.8. The van der Waals surface area contributed by atoms with Crippen molar-refractivity contribution in [1.29, 1.82) is 0 Å². The van der Waals surface area contributed by atoms with Crippen LogP contribution in [0.25, 0.3) is 0 Å². The highest BCUT2D eigenvalue weighted by Crippen LogP contribution is 2.40. The van der Waals surface area contributed by atoms with Crippen molar-refractivity contribution in [2.24, 2.45) is 0 Å². The van der Waals surface area contributed by atoms with Gasteiger partial charge in [-0.1, -0.05) is 18.2 Å². The lowest BCUT2D eigenvalue weighted by molar-refractivity contribution is -0.118. The Morgan fingerprint density at radius 2 is 1.75 bits per heavy atom. The standard InChI is InChI=1S/C21H26N2O4S/c1-14-7-6-8-15(2)19(14)23-12-11-21(4,28(23,25)26)20(24)22-18-10-9-17(27-5)13-16(18)3/h6-10,13H,11-12H2,1-5H3,(H,22,24)/t21-/m0/s1. The molecule has 150 valence electrons. The molecule has 7 heteroatoms. The summed E-state index contributed by atoms with van der Waals surface area (Å²) < 4.78 is 31.8. The minimum Gasteiger partial charge on any atom is -0.497 e. The van der Waals surface area contributed by atoms with E-state index in [1.807, 2.05) is 39.0 Å². The second-order valence-corrected chi connectivity index (χ2v) is 9.73. The van der Waals surface area contributed by atoms with Crippen molar-refractivity contribution >= 4 is 27.3 Å². The molecule has 2 aromatic carbocycles. The molecule has 0 unspecified atom stereocenters. The Morgan fingerprint density at radius 1 is 1.11 bits per heavy atom. The number of nitrogens with zero attached hydrogens (tertiary/aromatic N) is 1. The molecule has 0 aromatic heterocycles. The lowest BCUT2D eigenvalue weighted by Gasteiger charge is -2.27. The zero-order valence-electron chi connectivity index (χ0n) is 16.9. The maximum absolute atomic E-state index is 13.4. The van der Waals surface area contributed by atoms with Crippen molar-refractivity contribution in [1.82, 2.24) is 0 Å². The van der Waals surface area contributed by atoms with E-state index in [1.54, 1.807) is 25.3 Å². The van der Waals surface area contributed by atoms with Gasteiger partial charge in [-0.25, -0.2) is 8.42 Å². The highest BCUT2D eigenvalue weighted by atomic mass is 32.2. The first kappa shape index (κ1) is 20.2. The number of hydrogen-bond acceptors (Lipinski definition) is 4. The molecule has 1 amide bonds. The molecule has 1 N–H and O–H groups in total. The molecule has 3 rings (SSSR count). The lowest BCUT2D eigenvalue weighted by atomic mass is 10.0. The first-order valence-corrected chi connectivity index (χ1v) is 10.6. The van der Waals surface area contributed by atoms with Crippen LogP contribution >= 0.6 is 0 Å². The average molecular weight is 403 g/mol. The first-order chi connectivity index (χ1) is 13.1. The number of carbonyl (C=O) groups excluding carboxylic acids is 1. The maximum atomic E-state index is 13.4. The number of hydrogen-bond donors (Lipinski definition) is 1. The topological polar surface area (TPSA) is 75.7 Å². The van der Waals surface area contributed by atoms with Gasteiger partial charge in [-0.05, 0) is 69.0 Å². The fraction of sp³-hybridized carbons (Fsp3) is 0.381. The fourth-order valence-electron chi connectivity index (χ4n) is 3.63. The summed E-state index contributed by atoms with van der Waals surface area (Å²) in [5.74, 6) is 0.158. The zero-order valence-corrected chi connectivity index (χ0v) is 17.7. The third-order valence-electron chi connectivity index (χ3n) is 5.50. The second kappa shape index (κ2) is 7.13. The third-order valence-corrected chi connectivity index (χ3v) is 7.98. The van der Waals surface area contributed by atoms with E-state index in [2.05, 4.69) is 5.32 Å². The molecule has 1 heterocycles.